The number of rotatable bonds is 4. The third kappa shape index (κ3) is 3.70. The first-order chi connectivity index (χ1) is 11.5. The van der Waals surface area contributed by atoms with Crippen LogP contribution >= 0.6 is 15.9 Å². The Kier molecular flexibility index (Phi) is 5.66. The molecule has 0 bridgehead atoms. The predicted molar refractivity (Wildman–Crippen MR) is 100 cm³/mol. The van der Waals surface area contributed by atoms with Crippen LogP contribution in [0.15, 0.2) is 28.7 Å². The number of hydrogen-bond donors (Lipinski definition) is 0. The summed E-state index contributed by atoms with van der Waals surface area (Å²) in [5, 5.41) is 0. The molecule has 1 saturated heterocycles. The Balaban J connectivity index is 1.81. The highest BCUT2D eigenvalue weighted by molar-refractivity contribution is 9.10. The molecule has 1 aromatic carbocycles. The molecule has 0 amide bonds. The summed E-state index contributed by atoms with van der Waals surface area (Å²) in [6.07, 6.45) is 6.65. The smallest absolute Gasteiger partial charge is 0.316 e. The van der Waals surface area contributed by atoms with E-state index in [1.807, 2.05) is 12.1 Å². The second-order valence-corrected chi connectivity index (χ2v) is 8.51. The number of piperidine rings is 1. The number of halogens is 1. The Morgan fingerprint density at radius 2 is 1.71 bits per heavy atom. The SMILES string of the molecule is CN1CCC(OC(=O)[C@](C)(c2ccc(Br)cc2)C2CCCC2)CC1. The third-order valence-corrected chi connectivity index (χ3v) is 6.51. The normalized spacial score (nSPS) is 23.1. The molecule has 0 spiro atoms. The number of esters is 1. The molecule has 3 nitrogen and oxygen atoms in total. The van der Waals surface area contributed by atoms with Crippen LogP contribution in [0.5, 0.6) is 0 Å². The van der Waals surface area contributed by atoms with Crippen molar-refractivity contribution in [3.05, 3.63) is 34.3 Å². The van der Waals surface area contributed by atoms with E-state index in [4.69, 9.17) is 4.74 Å². The minimum absolute atomic E-state index is 0.0220. The van der Waals surface area contributed by atoms with E-state index in [9.17, 15) is 4.79 Å². The maximum absolute atomic E-state index is 13.2. The van der Waals surface area contributed by atoms with Crippen LogP contribution < -0.4 is 0 Å². The zero-order valence-electron chi connectivity index (χ0n) is 14.8. The standard InChI is InChI=1S/C20H28BrNO2/c1-20(15-5-3-4-6-15,16-7-9-17(21)10-8-16)19(23)24-18-11-13-22(2)14-12-18/h7-10,15,18H,3-6,11-14H2,1-2H3/t20-/m0/s1. The van der Waals surface area contributed by atoms with Crippen LogP contribution in [0, 0.1) is 5.92 Å². The lowest BCUT2D eigenvalue weighted by Gasteiger charge is -2.37. The molecule has 24 heavy (non-hydrogen) atoms. The van der Waals surface area contributed by atoms with Gasteiger partial charge in [0.15, 0.2) is 0 Å². The number of carbonyl (C=O) groups excluding carboxylic acids is 1. The van der Waals surface area contributed by atoms with E-state index in [0.717, 1.165) is 48.8 Å². The van der Waals surface area contributed by atoms with Gasteiger partial charge in [-0.25, -0.2) is 0 Å². The number of nitrogens with zero attached hydrogens (tertiary/aromatic N) is 1. The average Bonchev–Trinajstić information content (AvgIpc) is 3.12. The van der Waals surface area contributed by atoms with Gasteiger partial charge in [-0.05, 0) is 63.3 Å². The van der Waals surface area contributed by atoms with Gasteiger partial charge in [0.2, 0.25) is 0 Å². The highest BCUT2D eigenvalue weighted by atomic mass is 79.9. The van der Waals surface area contributed by atoms with E-state index in [-0.39, 0.29) is 12.1 Å². The first kappa shape index (κ1) is 17.9. The fourth-order valence-electron chi connectivity index (χ4n) is 4.20. The lowest BCUT2D eigenvalue weighted by atomic mass is 9.71. The molecule has 1 aliphatic carbocycles. The lowest BCUT2D eigenvalue weighted by molar-refractivity contribution is -0.160. The molecule has 1 atom stereocenters. The molecule has 0 radical (unpaired) electrons. The molecule has 3 rings (SSSR count). The molecule has 0 unspecified atom stereocenters. The molecule has 2 aliphatic rings. The van der Waals surface area contributed by atoms with Gasteiger partial charge >= 0.3 is 5.97 Å². The Labute approximate surface area is 153 Å². The van der Waals surface area contributed by atoms with Crippen molar-refractivity contribution in [2.75, 3.05) is 20.1 Å². The van der Waals surface area contributed by atoms with Crippen molar-refractivity contribution < 1.29 is 9.53 Å². The second kappa shape index (κ2) is 7.57. The highest BCUT2D eigenvalue weighted by Gasteiger charge is 2.46. The minimum Gasteiger partial charge on any atom is -0.462 e. The maximum Gasteiger partial charge on any atom is 0.316 e. The van der Waals surface area contributed by atoms with E-state index >= 15 is 0 Å². The predicted octanol–water partition coefficient (Wildman–Crippen LogP) is 4.53. The Morgan fingerprint density at radius 3 is 2.29 bits per heavy atom. The zero-order valence-corrected chi connectivity index (χ0v) is 16.3. The first-order valence-corrected chi connectivity index (χ1v) is 9.95. The van der Waals surface area contributed by atoms with E-state index in [1.165, 1.54) is 12.8 Å². The van der Waals surface area contributed by atoms with E-state index < -0.39 is 5.41 Å². The van der Waals surface area contributed by atoms with E-state index in [1.54, 1.807) is 0 Å². The number of carbonyl (C=O) groups is 1. The van der Waals surface area contributed by atoms with Gasteiger partial charge in [-0.3, -0.25) is 4.79 Å². The molecule has 1 aliphatic heterocycles. The van der Waals surface area contributed by atoms with E-state index in [0.29, 0.717) is 5.92 Å². The van der Waals surface area contributed by atoms with Crippen LogP contribution in [0.4, 0.5) is 0 Å². The molecular weight excluding hydrogens is 366 g/mol. The van der Waals surface area contributed by atoms with E-state index in [2.05, 4.69) is 46.9 Å². The van der Waals surface area contributed by atoms with Gasteiger partial charge in [0.05, 0.1) is 5.41 Å². The maximum atomic E-state index is 13.2. The summed E-state index contributed by atoms with van der Waals surface area (Å²) < 4.78 is 7.07. The number of hydrogen-bond acceptors (Lipinski definition) is 3. The summed E-state index contributed by atoms with van der Waals surface area (Å²) in [5.41, 5.74) is 0.566. The Morgan fingerprint density at radius 1 is 1.12 bits per heavy atom. The van der Waals surface area contributed by atoms with Crippen LogP contribution in [0.1, 0.15) is 51.0 Å². The molecule has 0 aromatic heterocycles. The summed E-state index contributed by atoms with van der Waals surface area (Å²) in [5.74, 6) is 0.365. The van der Waals surface area contributed by atoms with Gasteiger partial charge in [-0.15, -0.1) is 0 Å². The van der Waals surface area contributed by atoms with Crippen LogP contribution in [0.2, 0.25) is 0 Å². The molecule has 132 valence electrons. The van der Waals surface area contributed by atoms with Crippen molar-refractivity contribution in [1.82, 2.24) is 4.90 Å². The highest BCUT2D eigenvalue weighted by Crippen LogP contribution is 2.43. The molecule has 1 aromatic rings. The van der Waals surface area contributed by atoms with Crippen molar-refractivity contribution in [3.8, 4) is 0 Å². The monoisotopic (exact) mass is 393 g/mol. The van der Waals surface area contributed by atoms with Crippen molar-refractivity contribution in [1.29, 1.82) is 0 Å². The Hall–Kier alpha value is -0.870. The molecular formula is C20H28BrNO2. The van der Waals surface area contributed by atoms with Crippen molar-refractivity contribution in [2.45, 2.75) is 57.0 Å². The topological polar surface area (TPSA) is 29.5 Å². The Bertz CT molecular complexity index is 560. The van der Waals surface area contributed by atoms with Gasteiger partial charge in [0, 0.05) is 17.6 Å². The fourth-order valence-corrected chi connectivity index (χ4v) is 4.46. The van der Waals surface area contributed by atoms with Crippen LogP contribution in [0.25, 0.3) is 0 Å². The molecule has 4 heteroatoms. The zero-order chi connectivity index (χ0) is 17.2. The summed E-state index contributed by atoms with van der Waals surface area (Å²) in [6, 6.07) is 8.23. The summed E-state index contributed by atoms with van der Waals surface area (Å²) in [7, 11) is 2.13. The number of benzene rings is 1. The molecule has 0 N–H and O–H groups in total. The summed E-state index contributed by atoms with van der Waals surface area (Å²) in [6.45, 7) is 4.12. The van der Waals surface area contributed by atoms with Crippen molar-refractivity contribution in [3.63, 3.8) is 0 Å². The second-order valence-electron chi connectivity index (χ2n) is 7.60. The van der Waals surface area contributed by atoms with Gasteiger partial charge in [-0.2, -0.15) is 0 Å². The number of ether oxygens (including phenoxy) is 1. The average molecular weight is 394 g/mol. The quantitative estimate of drug-likeness (QED) is 0.703. The summed E-state index contributed by atoms with van der Waals surface area (Å²) >= 11 is 3.50. The molecule has 2 fully saturated rings. The largest absolute Gasteiger partial charge is 0.462 e. The minimum atomic E-state index is -0.527. The third-order valence-electron chi connectivity index (χ3n) is 5.98. The van der Waals surface area contributed by atoms with Gasteiger partial charge in [0.1, 0.15) is 6.10 Å². The number of likely N-dealkylation sites (tertiary alicyclic amines) is 1. The molecule has 1 heterocycles. The van der Waals surface area contributed by atoms with Crippen LogP contribution in [-0.4, -0.2) is 37.1 Å². The van der Waals surface area contributed by atoms with Crippen LogP contribution in [-0.2, 0) is 14.9 Å². The van der Waals surface area contributed by atoms with Gasteiger partial charge in [-0.1, -0.05) is 40.9 Å². The first-order valence-electron chi connectivity index (χ1n) is 9.16. The van der Waals surface area contributed by atoms with Gasteiger partial charge < -0.3 is 9.64 Å². The fraction of sp³-hybridized carbons (Fsp3) is 0.650. The van der Waals surface area contributed by atoms with Crippen LogP contribution in [0.3, 0.4) is 0 Å². The molecule has 1 saturated carbocycles. The van der Waals surface area contributed by atoms with Crippen molar-refractivity contribution in [2.24, 2.45) is 5.92 Å². The van der Waals surface area contributed by atoms with Crippen molar-refractivity contribution >= 4 is 21.9 Å². The lowest BCUT2D eigenvalue weighted by Crippen LogP contribution is -2.44. The summed E-state index contributed by atoms with van der Waals surface area (Å²) in [4.78, 5) is 15.5. The van der Waals surface area contributed by atoms with Gasteiger partial charge in [0.25, 0.3) is 0 Å².